The van der Waals surface area contributed by atoms with Gasteiger partial charge in [0.25, 0.3) is 0 Å². The molecule has 0 aliphatic rings. The van der Waals surface area contributed by atoms with Crippen molar-refractivity contribution in [3.05, 3.63) is 58.6 Å². The summed E-state index contributed by atoms with van der Waals surface area (Å²) in [5.74, 6) is 0.656. The molecule has 2 rings (SSSR count). The highest BCUT2D eigenvalue weighted by molar-refractivity contribution is 9.10. The van der Waals surface area contributed by atoms with E-state index in [0.717, 1.165) is 10.0 Å². The highest BCUT2D eigenvalue weighted by Gasteiger charge is 2.20. The first-order chi connectivity index (χ1) is 9.94. The van der Waals surface area contributed by atoms with Crippen LogP contribution >= 0.6 is 15.9 Å². The third-order valence-electron chi connectivity index (χ3n) is 3.06. The lowest BCUT2D eigenvalue weighted by Crippen LogP contribution is -2.27. The average Bonchev–Trinajstić information content (AvgIpc) is 2.47. The molecule has 2 aromatic carbocycles. The van der Waals surface area contributed by atoms with Gasteiger partial charge in [0, 0.05) is 16.1 Å². The second-order valence-electron chi connectivity index (χ2n) is 4.54. The quantitative estimate of drug-likeness (QED) is 0.877. The summed E-state index contributed by atoms with van der Waals surface area (Å²) in [6.45, 7) is 1.79. The van der Waals surface area contributed by atoms with Crippen molar-refractivity contribution in [1.29, 1.82) is 0 Å². The van der Waals surface area contributed by atoms with Gasteiger partial charge in [-0.15, -0.1) is 0 Å². The monoisotopic (exact) mass is 369 g/mol. The van der Waals surface area contributed by atoms with Crippen molar-refractivity contribution in [2.45, 2.75) is 17.9 Å². The van der Waals surface area contributed by atoms with Crippen LogP contribution in [0.15, 0.2) is 57.9 Å². The SMILES string of the molecule is COc1ccccc1C(C)NS(=O)(=O)c1ccc(Br)cc1. The summed E-state index contributed by atoms with van der Waals surface area (Å²) in [6.07, 6.45) is 0. The van der Waals surface area contributed by atoms with Crippen LogP contribution in [-0.4, -0.2) is 15.5 Å². The normalized spacial score (nSPS) is 12.9. The van der Waals surface area contributed by atoms with Gasteiger partial charge in [-0.2, -0.15) is 0 Å². The largest absolute Gasteiger partial charge is 0.496 e. The Morgan fingerprint density at radius 3 is 2.33 bits per heavy atom. The van der Waals surface area contributed by atoms with Crippen LogP contribution in [-0.2, 0) is 10.0 Å². The summed E-state index contributed by atoms with van der Waals surface area (Å²) < 4.78 is 33.5. The van der Waals surface area contributed by atoms with Crippen LogP contribution < -0.4 is 9.46 Å². The fourth-order valence-corrected chi connectivity index (χ4v) is 3.49. The lowest BCUT2D eigenvalue weighted by molar-refractivity contribution is 0.405. The number of rotatable bonds is 5. The second kappa shape index (κ2) is 6.60. The van der Waals surface area contributed by atoms with E-state index in [1.165, 1.54) is 0 Å². The number of nitrogens with one attached hydrogen (secondary N) is 1. The number of benzene rings is 2. The van der Waals surface area contributed by atoms with Gasteiger partial charge in [-0.05, 0) is 37.3 Å². The average molecular weight is 370 g/mol. The molecule has 1 atom stereocenters. The molecule has 112 valence electrons. The van der Waals surface area contributed by atoms with Gasteiger partial charge in [-0.1, -0.05) is 34.1 Å². The summed E-state index contributed by atoms with van der Waals surface area (Å²) in [4.78, 5) is 0.229. The molecule has 0 saturated carbocycles. The summed E-state index contributed by atoms with van der Waals surface area (Å²) in [5.41, 5.74) is 0.792. The molecule has 4 nitrogen and oxygen atoms in total. The zero-order chi connectivity index (χ0) is 15.5. The van der Waals surface area contributed by atoms with E-state index in [2.05, 4.69) is 20.7 Å². The van der Waals surface area contributed by atoms with Crippen LogP contribution in [0.25, 0.3) is 0 Å². The molecule has 0 aromatic heterocycles. The molecule has 1 unspecified atom stereocenters. The Morgan fingerprint density at radius 1 is 1.10 bits per heavy atom. The number of methoxy groups -OCH3 is 1. The molecule has 2 aromatic rings. The van der Waals surface area contributed by atoms with Gasteiger partial charge in [0.15, 0.2) is 0 Å². The lowest BCUT2D eigenvalue weighted by atomic mass is 10.1. The zero-order valence-corrected chi connectivity index (χ0v) is 14.1. The third kappa shape index (κ3) is 3.84. The fourth-order valence-electron chi connectivity index (χ4n) is 2.00. The molecule has 0 fully saturated rings. The van der Waals surface area contributed by atoms with Gasteiger partial charge in [0.1, 0.15) is 5.75 Å². The van der Waals surface area contributed by atoms with E-state index in [-0.39, 0.29) is 4.90 Å². The first-order valence-electron chi connectivity index (χ1n) is 6.35. The molecule has 0 aliphatic carbocycles. The van der Waals surface area contributed by atoms with Gasteiger partial charge < -0.3 is 4.74 Å². The number of halogens is 1. The molecule has 0 aliphatic heterocycles. The van der Waals surface area contributed by atoms with E-state index in [1.54, 1.807) is 44.4 Å². The van der Waals surface area contributed by atoms with E-state index in [0.29, 0.717) is 5.75 Å². The maximum absolute atomic E-state index is 12.4. The first-order valence-corrected chi connectivity index (χ1v) is 8.62. The van der Waals surface area contributed by atoms with Crippen molar-refractivity contribution >= 4 is 26.0 Å². The minimum atomic E-state index is -3.58. The van der Waals surface area contributed by atoms with E-state index >= 15 is 0 Å². The van der Waals surface area contributed by atoms with Crippen LogP contribution in [0.1, 0.15) is 18.5 Å². The maximum Gasteiger partial charge on any atom is 0.241 e. The van der Waals surface area contributed by atoms with Crippen molar-refractivity contribution < 1.29 is 13.2 Å². The summed E-state index contributed by atoms with van der Waals surface area (Å²) in [6, 6.07) is 13.5. The highest BCUT2D eigenvalue weighted by atomic mass is 79.9. The minimum Gasteiger partial charge on any atom is -0.496 e. The molecule has 0 saturated heterocycles. The van der Waals surface area contributed by atoms with Crippen LogP contribution in [0, 0.1) is 0 Å². The van der Waals surface area contributed by atoms with Gasteiger partial charge in [-0.3, -0.25) is 0 Å². The Balaban J connectivity index is 2.25. The molecule has 6 heteroatoms. The second-order valence-corrected chi connectivity index (χ2v) is 7.17. The standard InChI is InChI=1S/C15H16BrNO3S/c1-11(14-5-3-4-6-15(14)20-2)17-21(18,19)13-9-7-12(16)8-10-13/h3-11,17H,1-2H3. The van der Waals surface area contributed by atoms with Crippen LogP contribution in [0.5, 0.6) is 5.75 Å². The highest BCUT2D eigenvalue weighted by Crippen LogP contribution is 2.26. The van der Waals surface area contributed by atoms with E-state index in [9.17, 15) is 8.42 Å². The predicted molar refractivity (Wildman–Crippen MR) is 85.9 cm³/mol. The number of ether oxygens (including phenoxy) is 1. The Labute approximate surface area is 133 Å². The van der Waals surface area contributed by atoms with Crippen LogP contribution in [0.2, 0.25) is 0 Å². The molecule has 1 N–H and O–H groups in total. The Hall–Kier alpha value is -1.37. The van der Waals surface area contributed by atoms with E-state index in [4.69, 9.17) is 4.74 Å². The van der Waals surface area contributed by atoms with E-state index in [1.807, 2.05) is 18.2 Å². The predicted octanol–water partition coefficient (Wildman–Crippen LogP) is 3.50. The summed E-state index contributed by atoms with van der Waals surface area (Å²) >= 11 is 3.29. The van der Waals surface area contributed by atoms with Crippen molar-refractivity contribution in [2.24, 2.45) is 0 Å². The van der Waals surface area contributed by atoms with Gasteiger partial charge in [0.2, 0.25) is 10.0 Å². The lowest BCUT2D eigenvalue weighted by Gasteiger charge is -2.17. The van der Waals surface area contributed by atoms with Crippen molar-refractivity contribution in [2.75, 3.05) is 7.11 Å². The van der Waals surface area contributed by atoms with Crippen LogP contribution in [0.3, 0.4) is 0 Å². The Morgan fingerprint density at radius 2 is 1.71 bits per heavy atom. The first kappa shape index (κ1) is 16.0. The molecule has 0 heterocycles. The van der Waals surface area contributed by atoms with E-state index < -0.39 is 16.1 Å². The van der Waals surface area contributed by atoms with Crippen molar-refractivity contribution in [1.82, 2.24) is 4.72 Å². The maximum atomic E-state index is 12.4. The van der Waals surface area contributed by atoms with Gasteiger partial charge in [-0.25, -0.2) is 13.1 Å². The molecule has 0 amide bonds. The van der Waals surface area contributed by atoms with Gasteiger partial charge >= 0.3 is 0 Å². The number of hydrogen-bond acceptors (Lipinski definition) is 3. The fraction of sp³-hybridized carbons (Fsp3) is 0.200. The number of sulfonamides is 1. The molecule has 0 spiro atoms. The molecular weight excluding hydrogens is 354 g/mol. The minimum absolute atomic E-state index is 0.229. The third-order valence-corrected chi connectivity index (χ3v) is 5.15. The van der Waals surface area contributed by atoms with Crippen LogP contribution in [0.4, 0.5) is 0 Å². The molecular formula is C15H16BrNO3S. The zero-order valence-electron chi connectivity index (χ0n) is 11.7. The Kier molecular flexibility index (Phi) is 5.03. The molecule has 0 bridgehead atoms. The topological polar surface area (TPSA) is 55.4 Å². The Bertz CT molecular complexity index is 714. The summed E-state index contributed by atoms with van der Waals surface area (Å²) in [7, 11) is -2.01. The molecule has 0 radical (unpaired) electrons. The van der Waals surface area contributed by atoms with Crippen molar-refractivity contribution in [3.8, 4) is 5.75 Å². The number of para-hydroxylation sites is 1. The number of hydrogen-bond donors (Lipinski definition) is 1. The van der Waals surface area contributed by atoms with Gasteiger partial charge in [0.05, 0.1) is 12.0 Å². The van der Waals surface area contributed by atoms with Crippen molar-refractivity contribution in [3.63, 3.8) is 0 Å². The smallest absolute Gasteiger partial charge is 0.241 e. The summed E-state index contributed by atoms with van der Waals surface area (Å²) in [5, 5.41) is 0. The molecule has 21 heavy (non-hydrogen) atoms.